The van der Waals surface area contributed by atoms with E-state index in [-0.39, 0.29) is 35.8 Å². The minimum absolute atomic E-state index is 0. The van der Waals surface area contributed by atoms with E-state index in [2.05, 4.69) is 10.2 Å². The Balaban J connectivity index is 0.00000261. The normalized spacial score (nSPS) is 24.4. The summed E-state index contributed by atoms with van der Waals surface area (Å²) in [5, 5.41) is 3.38. The Bertz CT molecular complexity index is 713. The van der Waals surface area contributed by atoms with Crippen LogP contribution in [0.3, 0.4) is 0 Å². The first-order chi connectivity index (χ1) is 12.4. The second-order valence-corrected chi connectivity index (χ2v) is 10.3. The molecule has 0 bridgehead atoms. The Morgan fingerprint density at radius 3 is 2.89 bits per heavy atom. The summed E-state index contributed by atoms with van der Waals surface area (Å²) in [6, 6.07) is 3.82. The summed E-state index contributed by atoms with van der Waals surface area (Å²) in [6.45, 7) is 6.56. The summed E-state index contributed by atoms with van der Waals surface area (Å²) in [7, 11) is -3.08. The van der Waals surface area contributed by atoms with Crippen LogP contribution in [-0.2, 0) is 21.0 Å². The van der Waals surface area contributed by atoms with Crippen LogP contribution < -0.4 is 5.32 Å². The predicted octanol–water partition coefficient (Wildman–Crippen LogP) is 2.07. The van der Waals surface area contributed by atoms with Gasteiger partial charge in [-0.1, -0.05) is 0 Å². The van der Waals surface area contributed by atoms with Gasteiger partial charge in [-0.05, 0) is 38.8 Å². The van der Waals surface area contributed by atoms with Crippen molar-refractivity contribution in [3.63, 3.8) is 0 Å². The molecule has 3 heterocycles. The molecule has 1 aromatic rings. The van der Waals surface area contributed by atoms with Crippen molar-refractivity contribution in [1.29, 1.82) is 0 Å². The first-order valence-corrected chi connectivity index (χ1v) is 10.9. The summed E-state index contributed by atoms with van der Waals surface area (Å²) >= 11 is 0. The van der Waals surface area contributed by atoms with Crippen LogP contribution in [0.5, 0.6) is 0 Å². The average molecular weight is 511 g/mol. The molecule has 2 saturated heterocycles. The fourth-order valence-corrected chi connectivity index (χ4v) is 4.69. The van der Waals surface area contributed by atoms with Gasteiger partial charge in [0.15, 0.2) is 15.8 Å². The van der Waals surface area contributed by atoms with Gasteiger partial charge in [-0.3, -0.25) is 4.99 Å². The monoisotopic (exact) mass is 511 g/mol. The zero-order valence-corrected chi connectivity index (χ0v) is 19.2. The summed E-state index contributed by atoms with van der Waals surface area (Å²) in [5.74, 6) is 1.83. The topological polar surface area (TPSA) is 84.1 Å². The summed E-state index contributed by atoms with van der Waals surface area (Å²) < 4.78 is 34.8. The molecule has 1 atom stereocenters. The highest BCUT2D eigenvalue weighted by atomic mass is 127. The zero-order valence-electron chi connectivity index (χ0n) is 16.0. The third kappa shape index (κ3) is 5.83. The van der Waals surface area contributed by atoms with E-state index < -0.39 is 14.6 Å². The van der Waals surface area contributed by atoms with E-state index in [1.807, 2.05) is 12.1 Å². The molecule has 2 aliphatic heterocycles. The quantitative estimate of drug-likeness (QED) is 0.370. The van der Waals surface area contributed by atoms with E-state index in [1.165, 1.54) is 0 Å². The molecular weight excluding hydrogens is 481 g/mol. The van der Waals surface area contributed by atoms with Crippen LogP contribution in [-0.4, -0.2) is 68.7 Å². The van der Waals surface area contributed by atoms with Gasteiger partial charge in [-0.25, -0.2) is 8.42 Å². The van der Waals surface area contributed by atoms with Crippen LogP contribution >= 0.6 is 24.0 Å². The van der Waals surface area contributed by atoms with Crippen LogP contribution in [0.4, 0.5) is 0 Å². The fourth-order valence-electron chi connectivity index (χ4n) is 3.32. The fraction of sp³-hybridized carbons (Fsp3) is 0.722. The van der Waals surface area contributed by atoms with Crippen molar-refractivity contribution in [2.75, 3.05) is 38.5 Å². The summed E-state index contributed by atoms with van der Waals surface area (Å²) in [5.41, 5.74) is 0. The number of nitrogens with one attached hydrogen (secondary N) is 1. The van der Waals surface area contributed by atoms with Gasteiger partial charge in [0.25, 0.3) is 0 Å². The minimum Gasteiger partial charge on any atom is -0.469 e. The molecule has 1 unspecified atom stereocenters. The molecule has 0 aliphatic carbocycles. The van der Waals surface area contributed by atoms with E-state index in [1.54, 1.807) is 20.1 Å². The Hall–Kier alpha value is -0.810. The lowest BCUT2D eigenvalue weighted by atomic mass is 10.2. The van der Waals surface area contributed by atoms with Crippen molar-refractivity contribution in [3.8, 4) is 0 Å². The number of guanidine groups is 1. The molecule has 154 valence electrons. The van der Waals surface area contributed by atoms with Crippen LogP contribution in [0.25, 0.3) is 0 Å². The van der Waals surface area contributed by atoms with E-state index >= 15 is 0 Å². The first-order valence-electron chi connectivity index (χ1n) is 9.27. The molecule has 7 nitrogen and oxygen atoms in total. The molecule has 2 aliphatic rings. The van der Waals surface area contributed by atoms with Crippen molar-refractivity contribution < 1.29 is 17.6 Å². The van der Waals surface area contributed by atoms with Crippen LogP contribution in [0.2, 0.25) is 0 Å². The first kappa shape index (κ1) is 22.5. The van der Waals surface area contributed by atoms with Gasteiger partial charge < -0.3 is 19.4 Å². The highest BCUT2D eigenvalue weighted by molar-refractivity contribution is 14.0. The molecule has 1 aromatic heterocycles. The molecular formula is C18H30IN3O4S. The number of hydrogen-bond donors (Lipinski definition) is 1. The number of furan rings is 1. The SMILES string of the molecule is CC1(C)CN(C(=NCC2CCCO2)NCCc2ccco2)CCS1(=O)=O.I. The number of nitrogens with zero attached hydrogens (tertiary/aromatic N) is 2. The molecule has 2 fully saturated rings. The highest BCUT2D eigenvalue weighted by Gasteiger charge is 2.41. The van der Waals surface area contributed by atoms with Crippen LogP contribution in [0.1, 0.15) is 32.4 Å². The number of sulfone groups is 1. The summed E-state index contributed by atoms with van der Waals surface area (Å²) in [4.78, 5) is 6.80. The molecule has 0 radical (unpaired) electrons. The molecule has 0 amide bonds. The van der Waals surface area contributed by atoms with E-state index in [0.29, 0.717) is 26.2 Å². The van der Waals surface area contributed by atoms with E-state index in [4.69, 9.17) is 14.1 Å². The van der Waals surface area contributed by atoms with E-state index in [0.717, 1.165) is 37.6 Å². The van der Waals surface area contributed by atoms with Gasteiger partial charge in [0.2, 0.25) is 0 Å². The van der Waals surface area contributed by atoms with Crippen LogP contribution in [0, 0.1) is 0 Å². The molecule has 9 heteroatoms. The number of aliphatic imine (C=N–C) groups is 1. The van der Waals surface area contributed by atoms with E-state index in [9.17, 15) is 8.42 Å². The Morgan fingerprint density at radius 1 is 1.44 bits per heavy atom. The maximum absolute atomic E-state index is 12.3. The van der Waals surface area contributed by atoms with Gasteiger partial charge in [0.05, 0.1) is 29.4 Å². The third-order valence-corrected chi connectivity index (χ3v) is 7.58. The Kier molecular flexibility index (Phi) is 7.99. The van der Waals surface area contributed by atoms with Crippen LogP contribution in [0.15, 0.2) is 27.8 Å². The molecule has 0 aromatic carbocycles. The van der Waals surface area contributed by atoms with Crippen molar-refractivity contribution in [2.45, 2.75) is 44.0 Å². The van der Waals surface area contributed by atoms with Gasteiger partial charge in [0, 0.05) is 32.7 Å². The lowest BCUT2D eigenvalue weighted by Gasteiger charge is -2.39. The van der Waals surface area contributed by atoms with Crippen molar-refractivity contribution in [2.24, 2.45) is 4.99 Å². The zero-order chi connectivity index (χ0) is 18.6. The average Bonchev–Trinajstić information content (AvgIpc) is 3.27. The van der Waals surface area contributed by atoms with Crippen molar-refractivity contribution in [1.82, 2.24) is 10.2 Å². The Labute approximate surface area is 178 Å². The van der Waals surface area contributed by atoms with Gasteiger partial charge >= 0.3 is 0 Å². The molecule has 0 spiro atoms. The Morgan fingerprint density at radius 2 is 2.26 bits per heavy atom. The molecule has 3 rings (SSSR count). The molecule has 1 N–H and O–H groups in total. The van der Waals surface area contributed by atoms with Gasteiger partial charge in [0.1, 0.15) is 5.76 Å². The number of hydrogen-bond acceptors (Lipinski definition) is 5. The van der Waals surface area contributed by atoms with Gasteiger partial charge in [-0.15, -0.1) is 24.0 Å². The minimum atomic E-state index is -3.08. The largest absolute Gasteiger partial charge is 0.469 e. The van der Waals surface area contributed by atoms with Gasteiger partial charge in [-0.2, -0.15) is 0 Å². The second kappa shape index (κ2) is 9.60. The summed E-state index contributed by atoms with van der Waals surface area (Å²) in [6.07, 6.45) is 4.69. The number of rotatable bonds is 5. The molecule has 0 saturated carbocycles. The lowest BCUT2D eigenvalue weighted by molar-refractivity contribution is 0.117. The molecule has 27 heavy (non-hydrogen) atoms. The van der Waals surface area contributed by atoms with Crippen molar-refractivity contribution in [3.05, 3.63) is 24.2 Å². The number of halogens is 1. The third-order valence-electron chi connectivity index (χ3n) is 5.05. The van der Waals surface area contributed by atoms with Crippen molar-refractivity contribution >= 4 is 39.8 Å². The highest BCUT2D eigenvalue weighted by Crippen LogP contribution is 2.24. The predicted molar refractivity (Wildman–Crippen MR) is 117 cm³/mol. The number of ether oxygens (including phenoxy) is 1. The second-order valence-electron chi connectivity index (χ2n) is 7.56. The standard InChI is InChI=1S/C18H29N3O4S.HI/c1-18(2)14-21(9-12-26(18,22)23)17(20-13-16-6-4-11-25-16)19-8-7-15-5-3-10-24-15;/h3,5,10,16H,4,6-9,11-14H2,1-2H3,(H,19,20);1H. The smallest absolute Gasteiger partial charge is 0.194 e. The lowest BCUT2D eigenvalue weighted by Crippen LogP contribution is -2.57. The maximum Gasteiger partial charge on any atom is 0.194 e. The maximum atomic E-state index is 12.3.